The van der Waals surface area contributed by atoms with Crippen molar-refractivity contribution in [3.8, 4) is 5.75 Å². The van der Waals surface area contributed by atoms with E-state index in [0.29, 0.717) is 11.0 Å². The van der Waals surface area contributed by atoms with Crippen LogP contribution in [0.3, 0.4) is 0 Å². The highest BCUT2D eigenvalue weighted by molar-refractivity contribution is 5.93. The average Bonchev–Trinajstić information content (AvgIpc) is 3.26. The molecule has 0 bridgehead atoms. The van der Waals surface area contributed by atoms with Gasteiger partial charge in [0.1, 0.15) is 17.4 Å². The van der Waals surface area contributed by atoms with Gasteiger partial charge in [0.15, 0.2) is 0 Å². The summed E-state index contributed by atoms with van der Waals surface area (Å²) in [6.07, 6.45) is 16.2. The molecule has 0 aromatic heterocycles. The second-order valence-corrected chi connectivity index (χ2v) is 14.6. The minimum Gasteiger partial charge on any atom is -0.458 e. The normalized spacial score (nSPS) is 35.7. The molecular weight excluding hydrogens is 496 g/mol. The van der Waals surface area contributed by atoms with E-state index in [-0.39, 0.29) is 17.3 Å². The van der Waals surface area contributed by atoms with Crippen molar-refractivity contribution >= 4 is 11.9 Å². The molecule has 3 saturated carbocycles. The third-order valence-electron chi connectivity index (χ3n) is 11.9. The summed E-state index contributed by atoms with van der Waals surface area (Å²) < 4.78 is 11.3. The van der Waals surface area contributed by atoms with Crippen LogP contribution in [0, 0.1) is 46.3 Å². The topological polar surface area (TPSA) is 52.6 Å². The lowest BCUT2D eigenvalue weighted by atomic mass is 9.47. The zero-order chi connectivity index (χ0) is 28.7. The molecule has 3 fully saturated rings. The van der Waals surface area contributed by atoms with Crippen LogP contribution in [0.4, 0.5) is 0 Å². The first-order valence-corrected chi connectivity index (χ1v) is 16.2. The van der Waals surface area contributed by atoms with E-state index in [4.69, 9.17) is 9.47 Å². The second-order valence-electron chi connectivity index (χ2n) is 14.6. The van der Waals surface area contributed by atoms with Gasteiger partial charge in [0, 0.05) is 13.3 Å². The van der Waals surface area contributed by atoms with Crippen molar-refractivity contribution in [1.82, 2.24) is 0 Å². The van der Waals surface area contributed by atoms with Crippen LogP contribution in [0.1, 0.15) is 123 Å². The maximum Gasteiger partial charge on any atom is 0.342 e. The molecule has 8 atom stereocenters. The van der Waals surface area contributed by atoms with Crippen LogP contribution >= 0.6 is 0 Å². The Kier molecular flexibility index (Phi) is 8.56. The summed E-state index contributed by atoms with van der Waals surface area (Å²) in [5.41, 5.74) is 2.57. The Labute approximate surface area is 242 Å². The number of rotatable bonds is 8. The van der Waals surface area contributed by atoms with Crippen LogP contribution in [0.25, 0.3) is 0 Å². The van der Waals surface area contributed by atoms with E-state index in [1.54, 1.807) is 24.3 Å². The molecule has 4 nitrogen and oxygen atoms in total. The van der Waals surface area contributed by atoms with Crippen LogP contribution in [0.5, 0.6) is 5.75 Å². The van der Waals surface area contributed by atoms with E-state index in [1.165, 1.54) is 63.9 Å². The lowest BCUT2D eigenvalue weighted by molar-refractivity contribution is -0.131. The predicted octanol–water partition coefficient (Wildman–Crippen LogP) is 9.18. The smallest absolute Gasteiger partial charge is 0.342 e. The summed E-state index contributed by atoms with van der Waals surface area (Å²) >= 11 is 0. The number of carbonyl (C=O) groups excluding carboxylic acids is 2. The lowest BCUT2D eigenvalue weighted by Gasteiger charge is -2.58. The number of carbonyl (C=O) groups is 2. The molecule has 5 rings (SSSR count). The van der Waals surface area contributed by atoms with Gasteiger partial charge in [-0.25, -0.2) is 4.79 Å². The maximum absolute atomic E-state index is 13.1. The third-order valence-corrected chi connectivity index (χ3v) is 11.9. The minimum absolute atomic E-state index is 0.120. The summed E-state index contributed by atoms with van der Waals surface area (Å²) in [6, 6.07) is 6.87. The Morgan fingerprint density at radius 3 is 2.50 bits per heavy atom. The van der Waals surface area contributed by atoms with Gasteiger partial charge in [0.25, 0.3) is 0 Å². The number of fused-ring (bicyclic) bond motifs is 5. The van der Waals surface area contributed by atoms with Gasteiger partial charge in [-0.15, -0.1) is 0 Å². The van der Waals surface area contributed by atoms with E-state index in [0.717, 1.165) is 54.8 Å². The molecule has 0 amide bonds. The molecule has 4 heteroatoms. The average molecular weight is 549 g/mol. The number of para-hydroxylation sites is 1. The summed E-state index contributed by atoms with van der Waals surface area (Å²) in [4.78, 5) is 24.6. The quantitative estimate of drug-likeness (QED) is 0.185. The monoisotopic (exact) mass is 548 g/mol. The van der Waals surface area contributed by atoms with Crippen LogP contribution < -0.4 is 4.74 Å². The van der Waals surface area contributed by atoms with Gasteiger partial charge in [-0.05, 0) is 103 Å². The number of hydrogen-bond donors (Lipinski definition) is 0. The molecule has 4 aliphatic rings. The van der Waals surface area contributed by atoms with Gasteiger partial charge >= 0.3 is 11.9 Å². The first-order valence-electron chi connectivity index (χ1n) is 16.2. The van der Waals surface area contributed by atoms with Crippen molar-refractivity contribution in [2.24, 2.45) is 46.3 Å². The third kappa shape index (κ3) is 5.53. The molecule has 0 spiro atoms. The highest BCUT2D eigenvalue weighted by Gasteiger charge is 2.59. The van der Waals surface area contributed by atoms with Crippen LogP contribution in [0.15, 0.2) is 35.9 Å². The summed E-state index contributed by atoms with van der Waals surface area (Å²) in [7, 11) is 0. The highest BCUT2D eigenvalue weighted by atomic mass is 16.6. The first kappa shape index (κ1) is 29.4. The summed E-state index contributed by atoms with van der Waals surface area (Å²) in [6.45, 7) is 13.8. The van der Waals surface area contributed by atoms with Gasteiger partial charge < -0.3 is 9.47 Å². The molecule has 0 saturated heterocycles. The SMILES string of the molecule is CC(=O)Oc1ccccc1C(=O)OC1CC[C@@]2(C)C(=CC[C@H]3[C@@H]4CC[C@H]([C@H](C)CCCC(C)C)[C@@]4(C)CC[C@@H]32)C1. The Bertz CT molecular complexity index is 1120. The number of ether oxygens (including phenoxy) is 2. The molecule has 0 heterocycles. The number of esters is 2. The van der Waals surface area contributed by atoms with Crippen molar-refractivity contribution < 1.29 is 19.1 Å². The first-order chi connectivity index (χ1) is 19.0. The molecule has 4 aliphatic carbocycles. The fourth-order valence-corrected chi connectivity index (χ4v) is 9.85. The fraction of sp³-hybridized carbons (Fsp3) is 0.722. The molecule has 0 N–H and O–H groups in total. The van der Waals surface area contributed by atoms with E-state index < -0.39 is 11.9 Å². The fourth-order valence-electron chi connectivity index (χ4n) is 9.85. The van der Waals surface area contributed by atoms with E-state index in [2.05, 4.69) is 40.7 Å². The van der Waals surface area contributed by atoms with E-state index in [9.17, 15) is 9.59 Å². The Morgan fingerprint density at radius 2 is 1.75 bits per heavy atom. The molecule has 0 aliphatic heterocycles. The zero-order valence-electron chi connectivity index (χ0n) is 25.8. The van der Waals surface area contributed by atoms with Gasteiger partial charge in [0.05, 0.1) is 0 Å². The Hall–Kier alpha value is -2.10. The largest absolute Gasteiger partial charge is 0.458 e. The lowest BCUT2D eigenvalue weighted by Crippen LogP contribution is -2.51. The summed E-state index contributed by atoms with van der Waals surface area (Å²) in [5.74, 6) is 4.38. The van der Waals surface area contributed by atoms with Crippen LogP contribution in [-0.4, -0.2) is 18.0 Å². The maximum atomic E-state index is 13.1. The molecule has 0 radical (unpaired) electrons. The molecule has 1 aromatic rings. The van der Waals surface area contributed by atoms with E-state index in [1.807, 2.05) is 0 Å². The number of hydrogen-bond acceptors (Lipinski definition) is 4. The van der Waals surface area contributed by atoms with Gasteiger partial charge in [0.2, 0.25) is 0 Å². The molecular formula is C36H52O4. The van der Waals surface area contributed by atoms with Crippen molar-refractivity contribution in [2.75, 3.05) is 0 Å². The van der Waals surface area contributed by atoms with Crippen molar-refractivity contribution in [3.05, 3.63) is 41.5 Å². The van der Waals surface area contributed by atoms with Crippen molar-refractivity contribution in [2.45, 2.75) is 118 Å². The number of benzene rings is 1. The molecule has 220 valence electrons. The molecule has 1 unspecified atom stereocenters. The van der Waals surface area contributed by atoms with Gasteiger partial charge in [-0.2, -0.15) is 0 Å². The van der Waals surface area contributed by atoms with E-state index >= 15 is 0 Å². The minimum atomic E-state index is -0.437. The Balaban J connectivity index is 1.25. The molecule has 1 aromatic carbocycles. The zero-order valence-corrected chi connectivity index (χ0v) is 25.8. The standard InChI is InChI=1S/C36H52O4/c1-23(2)10-9-11-24(3)30-16-17-31-28-15-14-26-22-27(18-20-35(26,5)32(28)19-21-36(30,31)6)40-34(38)29-12-7-8-13-33(29)39-25(4)37/h7-8,12-14,23-24,27-28,30-32H,9-11,15-22H2,1-6H3/t24-,27?,28+,30-,31+,32+,35+,36-/m1/s1. The van der Waals surface area contributed by atoms with Crippen molar-refractivity contribution in [3.63, 3.8) is 0 Å². The van der Waals surface area contributed by atoms with Gasteiger partial charge in [-0.3, -0.25) is 4.79 Å². The highest BCUT2D eigenvalue weighted by Crippen LogP contribution is 2.67. The number of allylic oxidation sites excluding steroid dienone is 1. The predicted molar refractivity (Wildman–Crippen MR) is 160 cm³/mol. The van der Waals surface area contributed by atoms with Crippen molar-refractivity contribution in [1.29, 1.82) is 0 Å². The summed E-state index contributed by atoms with van der Waals surface area (Å²) in [5, 5.41) is 0. The molecule has 40 heavy (non-hydrogen) atoms. The second kappa shape index (κ2) is 11.6. The van der Waals surface area contributed by atoms with Crippen LogP contribution in [-0.2, 0) is 9.53 Å². The Morgan fingerprint density at radius 1 is 0.975 bits per heavy atom. The van der Waals surface area contributed by atoms with Gasteiger partial charge in [-0.1, -0.05) is 77.7 Å². The van der Waals surface area contributed by atoms with Crippen LogP contribution in [0.2, 0.25) is 0 Å².